The highest BCUT2D eigenvalue weighted by Gasteiger charge is 2.31. The molecule has 0 aromatic rings. The fourth-order valence-electron chi connectivity index (χ4n) is 2.93. The van der Waals surface area contributed by atoms with Gasteiger partial charge >= 0.3 is 0 Å². The van der Waals surface area contributed by atoms with Crippen LogP contribution >= 0.6 is 0 Å². The highest BCUT2D eigenvalue weighted by Crippen LogP contribution is 2.39. The molecule has 1 saturated heterocycles. The third-order valence-electron chi connectivity index (χ3n) is 4.03. The second-order valence-corrected chi connectivity index (χ2v) is 5.57. The monoisotopic (exact) mass is 226 g/mol. The van der Waals surface area contributed by atoms with E-state index in [0.717, 1.165) is 13.2 Å². The fraction of sp³-hybridized carbons (Fsp3) is 1.00. The van der Waals surface area contributed by atoms with Crippen LogP contribution in [0.25, 0.3) is 0 Å². The normalized spacial score (nSPS) is 19.9. The van der Waals surface area contributed by atoms with E-state index in [0.29, 0.717) is 5.41 Å². The average molecular weight is 226 g/mol. The van der Waals surface area contributed by atoms with E-state index in [-0.39, 0.29) is 0 Å². The third kappa shape index (κ3) is 4.86. The Morgan fingerprint density at radius 1 is 0.938 bits per heavy atom. The van der Waals surface area contributed by atoms with Crippen LogP contribution in [0.4, 0.5) is 0 Å². The molecule has 0 atom stereocenters. The van der Waals surface area contributed by atoms with Gasteiger partial charge in [0.25, 0.3) is 0 Å². The first-order valence-electron chi connectivity index (χ1n) is 7.41. The highest BCUT2D eigenvalue weighted by atomic mass is 16.5. The zero-order valence-electron chi connectivity index (χ0n) is 11.4. The summed E-state index contributed by atoms with van der Waals surface area (Å²) in [6, 6.07) is 0. The van der Waals surface area contributed by atoms with Gasteiger partial charge in [-0.3, -0.25) is 0 Å². The molecule has 1 fully saturated rings. The number of hydrogen-bond acceptors (Lipinski definition) is 1. The van der Waals surface area contributed by atoms with Crippen LogP contribution in [0.1, 0.15) is 78.1 Å². The van der Waals surface area contributed by atoms with Crippen molar-refractivity contribution in [1.82, 2.24) is 0 Å². The van der Waals surface area contributed by atoms with Crippen molar-refractivity contribution < 1.29 is 4.74 Å². The molecular formula is C15H30O. The van der Waals surface area contributed by atoms with Crippen LogP contribution in [-0.4, -0.2) is 13.2 Å². The van der Waals surface area contributed by atoms with Gasteiger partial charge in [0.2, 0.25) is 0 Å². The first-order chi connectivity index (χ1) is 7.83. The quantitative estimate of drug-likeness (QED) is 0.532. The lowest BCUT2D eigenvalue weighted by Gasteiger charge is -2.37. The zero-order chi connectivity index (χ0) is 11.7. The molecule has 0 amide bonds. The second kappa shape index (κ2) is 8.11. The summed E-state index contributed by atoms with van der Waals surface area (Å²) >= 11 is 0. The van der Waals surface area contributed by atoms with Gasteiger partial charge in [0.05, 0.1) is 6.61 Å². The van der Waals surface area contributed by atoms with Gasteiger partial charge in [-0.25, -0.2) is 0 Å². The van der Waals surface area contributed by atoms with Crippen LogP contribution in [0.5, 0.6) is 0 Å². The molecule has 0 aromatic carbocycles. The molecule has 1 nitrogen and oxygen atoms in total. The Morgan fingerprint density at radius 2 is 1.56 bits per heavy atom. The van der Waals surface area contributed by atoms with Crippen molar-refractivity contribution in [2.24, 2.45) is 5.41 Å². The molecule has 1 aliphatic heterocycles. The van der Waals surface area contributed by atoms with E-state index in [1.165, 1.54) is 64.2 Å². The van der Waals surface area contributed by atoms with E-state index < -0.39 is 0 Å². The number of ether oxygens (including phenoxy) is 1. The van der Waals surface area contributed by atoms with Crippen LogP contribution in [0.3, 0.4) is 0 Å². The molecule has 0 unspecified atom stereocenters. The summed E-state index contributed by atoms with van der Waals surface area (Å²) in [6.45, 7) is 6.63. The minimum Gasteiger partial charge on any atom is -0.381 e. The summed E-state index contributed by atoms with van der Waals surface area (Å²) < 4.78 is 5.75. The van der Waals surface area contributed by atoms with Crippen molar-refractivity contribution in [3.05, 3.63) is 0 Å². The smallest absolute Gasteiger partial charge is 0.0522 e. The van der Waals surface area contributed by atoms with Gasteiger partial charge < -0.3 is 4.74 Å². The molecule has 1 heteroatoms. The van der Waals surface area contributed by atoms with E-state index in [2.05, 4.69) is 13.8 Å². The van der Waals surface area contributed by atoms with Crippen LogP contribution in [0.15, 0.2) is 0 Å². The van der Waals surface area contributed by atoms with Crippen molar-refractivity contribution in [3.63, 3.8) is 0 Å². The lowest BCUT2D eigenvalue weighted by atomic mass is 9.74. The Labute approximate surface area is 102 Å². The number of unbranched alkanes of at least 4 members (excludes halogenated alkanes) is 4. The number of hydrogen-bond donors (Lipinski definition) is 0. The van der Waals surface area contributed by atoms with E-state index >= 15 is 0 Å². The largest absolute Gasteiger partial charge is 0.381 e. The molecular weight excluding hydrogens is 196 g/mol. The maximum Gasteiger partial charge on any atom is 0.0522 e. The molecule has 16 heavy (non-hydrogen) atoms. The van der Waals surface area contributed by atoms with Gasteiger partial charge in [0.15, 0.2) is 0 Å². The molecule has 0 radical (unpaired) electrons. The zero-order valence-corrected chi connectivity index (χ0v) is 11.4. The molecule has 0 saturated carbocycles. The Hall–Kier alpha value is -0.0400. The number of rotatable bonds is 8. The summed E-state index contributed by atoms with van der Waals surface area (Å²) in [5.41, 5.74) is 0.558. The van der Waals surface area contributed by atoms with Gasteiger partial charge in [-0.15, -0.1) is 0 Å². The maximum atomic E-state index is 5.75. The summed E-state index contributed by atoms with van der Waals surface area (Å²) in [5, 5.41) is 0. The molecule has 0 N–H and O–H groups in total. The summed E-state index contributed by atoms with van der Waals surface area (Å²) in [6.07, 6.45) is 13.8. The van der Waals surface area contributed by atoms with Crippen molar-refractivity contribution in [1.29, 1.82) is 0 Å². The second-order valence-electron chi connectivity index (χ2n) is 5.57. The van der Waals surface area contributed by atoms with Crippen molar-refractivity contribution >= 4 is 0 Å². The Bertz CT molecular complexity index is 147. The van der Waals surface area contributed by atoms with Crippen LogP contribution in [-0.2, 0) is 4.74 Å². The van der Waals surface area contributed by atoms with Crippen molar-refractivity contribution in [2.45, 2.75) is 78.1 Å². The molecule has 0 spiro atoms. The first-order valence-corrected chi connectivity index (χ1v) is 7.41. The van der Waals surface area contributed by atoms with Gasteiger partial charge in [-0.1, -0.05) is 52.4 Å². The molecule has 96 valence electrons. The van der Waals surface area contributed by atoms with Crippen LogP contribution in [0.2, 0.25) is 0 Å². The first kappa shape index (κ1) is 14.0. The Kier molecular flexibility index (Phi) is 7.11. The fourth-order valence-corrected chi connectivity index (χ4v) is 2.93. The van der Waals surface area contributed by atoms with Crippen LogP contribution in [0, 0.1) is 5.41 Å². The SMILES string of the molecule is CCCCCC1(CCCCC)CCCOC1. The standard InChI is InChI=1S/C15H30O/c1-3-5-7-10-15(11-8-6-4-2)12-9-13-16-14-15/h3-14H2,1-2H3. The summed E-state index contributed by atoms with van der Waals surface area (Å²) in [4.78, 5) is 0. The molecule has 1 heterocycles. The highest BCUT2D eigenvalue weighted by molar-refractivity contribution is 4.81. The van der Waals surface area contributed by atoms with Gasteiger partial charge in [-0.05, 0) is 31.1 Å². The van der Waals surface area contributed by atoms with Crippen molar-refractivity contribution in [2.75, 3.05) is 13.2 Å². The van der Waals surface area contributed by atoms with E-state index in [1.807, 2.05) is 0 Å². The van der Waals surface area contributed by atoms with E-state index in [1.54, 1.807) is 0 Å². The van der Waals surface area contributed by atoms with Gasteiger partial charge in [-0.2, -0.15) is 0 Å². The third-order valence-corrected chi connectivity index (χ3v) is 4.03. The van der Waals surface area contributed by atoms with Gasteiger partial charge in [0.1, 0.15) is 0 Å². The predicted molar refractivity (Wildman–Crippen MR) is 70.8 cm³/mol. The molecule has 0 aromatic heterocycles. The average Bonchev–Trinajstić information content (AvgIpc) is 2.31. The van der Waals surface area contributed by atoms with E-state index in [4.69, 9.17) is 4.74 Å². The Morgan fingerprint density at radius 3 is 2.00 bits per heavy atom. The summed E-state index contributed by atoms with van der Waals surface area (Å²) in [7, 11) is 0. The maximum absolute atomic E-state index is 5.75. The van der Waals surface area contributed by atoms with Crippen LogP contribution < -0.4 is 0 Å². The lowest BCUT2D eigenvalue weighted by molar-refractivity contribution is -0.0200. The Balaban J connectivity index is 2.33. The summed E-state index contributed by atoms with van der Waals surface area (Å²) in [5.74, 6) is 0. The molecule has 1 rings (SSSR count). The van der Waals surface area contributed by atoms with Gasteiger partial charge in [0, 0.05) is 6.61 Å². The molecule has 0 aliphatic carbocycles. The van der Waals surface area contributed by atoms with E-state index in [9.17, 15) is 0 Å². The predicted octanol–water partition coefficient (Wildman–Crippen LogP) is 4.94. The minimum absolute atomic E-state index is 0.558. The van der Waals surface area contributed by atoms with Crippen molar-refractivity contribution in [3.8, 4) is 0 Å². The molecule has 0 bridgehead atoms. The lowest BCUT2D eigenvalue weighted by Crippen LogP contribution is -2.31. The minimum atomic E-state index is 0.558. The molecule has 1 aliphatic rings. The topological polar surface area (TPSA) is 9.23 Å².